The molecule has 0 fully saturated rings. The number of para-hydroxylation sites is 1. The molecule has 0 atom stereocenters. The van der Waals surface area contributed by atoms with Gasteiger partial charge < -0.3 is 14.5 Å². The number of hydrogen-bond donors (Lipinski definition) is 3. The van der Waals surface area contributed by atoms with Crippen molar-refractivity contribution in [1.29, 1.82) is 0 Å². The van der Waals surface area contributed by atoms with Crippen molar-refractivity contribution in [2.75, 3.05) is 14.2 Å². The molecule has 1 amide bonds. The van der Waals surface area contributed by atoms with Crippen LogP contribution in [0.4, 0.5) is 0 Å². The lowest BCUT2D eigenvalue weighted by molar-refractivity contribution is -0.121. The highest BCUT2D eigenvalue weighted by Gasteiger charge is 2.12. The average Bonchev–Trinajstić information content (AvgIpc) is 2.97. The SMILES string of the molecule is COc1ccc(CNNC(=O)Cc2c(C)[nH]c3ccccc23)c(OC)c1. The number of aromatic nitrogens is 1. The molecular weight excluding hydrogens is 330 g/mol. The third kappa shape index (κ3) is 3.81. The lowest BCUT2D eigenvalue weighted by atomic mass is 10.1. The molecule has 0 radical (unpaired) electrons. The molecule has 0 bridgehead atoms. The molecule has 3 N–H and O–H groups in total. The van der Waals surface area contributed by atoms with Crippen molar-refractivity contribution in [2.45, 2.75) is 19.9 Å². The average molecular weight is 353 g/mol. The van der Waals surface area contributed by atoms with Crippen LogP contribution in [0.3, 0.4) is 0 Å². The molecule has 3 rings (SSSR count). The number of nitrogens with one attached hydrogen (secondary N) is 3. The zero-order valence-electron chi connectivity index (χ0n) is 15.2. The molecule has 2 aromatic carbocycles. The Kier molecular flexibility index (Phi) is 5.43. The Balaban J connectivity index is 1.60. The van der Waals surface area contributed by atoms with E-state index in [1.54, 1.807) is 14.2 Å². The van der Waals surface area contributed by atoms with Gasteiger partial charge in [0.25, 0.3) is 0 Å². The Morgan fingerprint density at radius 1 is 1.12 bits per heavy atom. The van der Waals surface area contributed by atoms with Crippen molar-refractivity contribution >= 4 is 16.8 Å². The predicted molar refractivity (Wildman–Crippen MR) is 101 cm³/mol. The van der Waals surface area contributed by atoms with E-state index >= 15 is 0 Å². The van der Waals surface area contributed by atoms with Crippen molar-refractivity contribution in [3.63, 3.8) is 0 Å². The summed E-state index contributed by atoms with van der Waals surface area (Å²) in [4.78, 5) is 15.6. The number of methoxy groups -OCH3 is 2. The van der Waals surface area contributed by atoms with Gasteiger partial charge in [-0.3, -0.25) is 10.2 Å². The summed E-state index contributed by atoms with van der Waals surface area (Å²) >= 11 is 0. The third-order valence-corrected chi connectivity index (χ3v) is 4.37. The summed E-state index contributed by atoms with van der Waals surface area (Å²) in [5.41, 5.74) is 9.72. The van der Waals surface area contributed by atoms with Gasteiger partial charge in [-0.1, -0.05) is 24.3 Å². The second-order valence-corrected chi connectivity index (χ2v) is 6.03. The minimum absolute atomic E-state index is 0.0923. The van der Waals surface area contributed by atoms with Crippen LogP contribution in [-0.2, 0) is 17.8 Å². The second kappa shape index (κ2) is 7.93. The molecular formula is C20H23N3O3. The summed E-state index contributed by atoms with van der Waals surface area (Å²) in [5.74, 6) is 1.34. The molecule has 6 nitrogen and oxygen atoms in total. The number of aromatic amines is 1. The topological polar surface area (TPSA) is 75.4 Å². The fourth-order valence-corrected chi connectivity index (χ4v) is 3.00. The molecule has 0 aliphatic heterocycles. The Morgan fingerprint density at radius 3 is 2.69 bits per heavy atom. The molecule has 0 aliphatic rings. The Labute approximate surface area is 152 Å². The molecule has 0 aliphatic carbocycles. The van der Waals surface area contributed by atoms with E-state index in [0.717, 1.165) is 33.5 Å². The molecule has 0 saturated carbocycles. The smallest absolute Gasteiger partial charge is 0.238 e. The summed E-state index contributed by atoms with van der Waals surface area (Å²) in [6, 6.07) is 13.6. The maximum atomic E-state index is 12.3. The van der Waals surface area contributed by atoms with Crippen molar-refractivity contribution in [3.8, 4) is 11.5 Å². The van der Waals surface area contributed by atoms with Crippen LogP contribution in [-0.4, -0.2) is 25.1 Å². The van der Waals surface area contributed by atoms with Crippen LogP contribution in [0.5, 0.6) is 11.5 Å². The van der Waals surface area contributed by atoms with E-state index in [1.807, 2.05) is 49.4 Å². The molecule has 26 heavy (non-hydrogen) atoms. The second-order valence-electron chi connectivity index (χ2n) is 6.03. The Bertz CT molecular complexity index is 918. The molecule has 6 heteroatoms. The van der Waals surface area contributed by atoms with E-state index in [-0.39, 0.29) is 5.91 Å². The Morgan fingerprint density at radius 2 is 1.92 bits per heavy atom. The standard InChI is InChI=1S/C20H23N3O3/c1-13-17(16-6-4-5-7-18(16)22-13)11-20(24)23-21-12-14-8-9-15(25-2)10-19(14)26-3/h4-10,21-22H,11-12H2,1-3H3,(H,23,24). The van der Waals surface area contributed by atoms with Crippen molar-refractivity contribution in [1.82, 2.24) is 15.8 Å². The van der Waals surface area contributed by atoms with Crippen molar-refractivity contribution < 1.29 is 14.3 Å². The van der Waals surface area contributed by atoms with Crippen LogP contribution >= 0.6 is 0 Å². The number of aryl methyl sites for hydroxylation is 1. The van der Waals surface area contributed by atoms with E-state index in [1.165, 1.54) is 0 Å². The number of benzene rings is 2. The van der Waals surface area contributed by atoms with Crippen LogP contribution in [0.25, 0.3) is 10.9 Å². The van der Waals surface area contributed by atoms with Gasteiger partial charge in [0.05, 0.1) is 20.6 Å². The van der Waals surface area contributed by atoms with E-state index < -0.39 is 0 Å². The fraction of sp³-hybridized carbons (Fsp3) is 0.250. The minimum atomic E-state index is -0.0923. The van der Waals surface area contributed by atoms with Gasteiger partial charge in [0.2, 0.25) is 5.91 Å². The first-order chi connectivity index (χ1) is 12.6. The number of H-pyrrole nitrogens is 1. The lowest BCUT2D eigenvalue weighted by Gasteiger charge is -2.12. The van der Waals surface area contributed by atoms with E-state index in [4.69, 9.17) is 9.47 Å². The molecule has 136 valence electrons. The summed E-state index contributed by atoms with van der Waals surface area (Å²) in [6.45, 7) is 2.43. The van der Waals surface area contributed by atoms with Crippen LogP contribution < -0.4 is 20.3 Å². The molecule has 1 heterocycles. The maximum absolute atomic E-state index is 12.3. The number of amides is 1. The van der Waals surface area contributed by atoms with Crippen LogP contribution in [0.2, 0.25) is 0 Å². The van der Waals surface area contributed by atoms with Gasteiger partial charge in [-0.2, -0.15) is 0 Å². The largest absolute Gasteiger partial charge is 0.497 e. The molecule has 0 saturated heterocycles. The molecule has 0 spiro atoms. The number of ether oxygens (including phenoxy) is 2. The van der Waals surface area contributed by atoms with Gasteiger partial charge in [0.15, 0.2) is 0 Å². The quantitative estimate of drug-likeness (QED) is 0.571. The highest BCUT2D eigenvalue weighted by molar-refractivity contribution is 5.89. The minimum Gasteiger partial charge on any atom is -0.497 e. The van der Waals surface area contributed by atoms with Crippen molar-refractivity contribution in [3.05, 3.63) is 59.3 Å². The highest BCUT2D eigenvalue weighted by atomic mass is 16.5. The maximum Gasteiger partial charge on any atom is 0.238 e. The van der Waals surface area contributed by atoms with E-state index in [9.17, 15) is 4.79 Å². The first-order valence-electron chi connectivity index (χ1n) is 8.41. The molecule has 0 unspecified atom stereocenters. The summed E-state index contributed by atoms with van der Waals surface area (Å²) in [7, 11) is 3.22. The van der Waals surface area contributed by atoms with Crippen molar-refractivity contribution in [2.24, 2.45) is 0 Å². The lowest BCUT2D eigenvalue weighted by Crippen LogP contribution is -2.37. The monoisotopic (exact) mass is 353 g/mol. The number of hydrazine groups is 1. The molecule has 1 aromatic heterocycles. The van der Waals surface area contributed by atoms with Gasteiger partial charge in [-0.25, -0.2) is 5.43 Å². The zero-order valence-corrected chi connectivity index (χ0v) is 15.2. The number of carbonyl (C=O) groups excluding carboxylic acids is 1. The number of fused-ring (bicyclic) bond motifs is 1. The van der Waals surface area contributed by atoms with Gasteiger partial charge in [0.1, 0.15) is 11.5 Å². The summed E-state index contributed by atoms with van der Waals surface area (Å²) in [5, 5.41) is 1.08. The number of hydrogen-bond acceptors (Lipinski definition) is 4. The van der Waals surface area contributed by atoms with Crippen LogP contribution in [0, 0.1) is 6.92 Å². The number of rotatable bonds is 7. The molecule has 3 aromatic rings. The van der Waals surface area contributed by atoms with E-state index in [0.29, 0.717) is 18.7 Å². The summed E-state index contributed by atoms with van der Waals surface area (Å²) < 4.78 is 10.5. The van der Waals surface area contributed by atoms with Crippen LogP contribution in [0.15, 0.2) is 42.5 Å². The summed E-state index contributed by atoms with van der Waals surface area (Å²) in [6.07, 6.45) is 0.308. The highest BCUT2D eigenvalue weighted by Crippen LogP contribution is 2.24. The third-order valence-electron chi connectivity index (χ3n) is 4.37. The normalized spacial score (nSPS) is 10.7. The first-order valence-corrected chi connectivity index (χ1v) is 8.41. The zero-order chi connectivity index (χ0) is 18.5. The van der Waals surface area contributed by atoms with Gasteiger partial charge in [-0.05, 0) is 24.6 Å². The first kappa shape index (κ1) is 17.8. The fourth-order valence-electron chi connectivity index (χ4n) is 3.00. The van der Waals surface area contributed by atoms with Crippen LogP contribution in [0.1, 0.15) is 16.8 Å². The van der Waals surface area contributed by atoms with Gasteiger partial charge in [-0.15, -0.1) is 0 Å². The Hall–Kier alpha value is -2.99. The predicted octanol–water partition coefficient (Wildman–Crippen LogP) is 2.86. The van der Waals surface area contributed by atoms with E-state index in [2.05, 4.69) is 15.8 Å². The van der Waals surface area contributed by atoms with Gasteiger partial charge in [0, 0.05) is 34.8 Å². The number of carbonyl (C=O) groups is 1. The van der Waals surface area contributed by atoms with Gasteiger partial charge >= 0.3 is 0 Å².